The number of rotatable bonds is 1. The summed E-state index contributed by atoms with van der Waals surface area (Å²) in [5.41, 5.74) is 0. The van der Waals surface area contributed by atoms with Crippen molar-refractivity contribution in [1.82, 2.24) is 10.2 Å². The second-order valence-corrected chi connectivity index (χ2v) is 5.03. The van der Waals surface area contributed by atoms with Crippen LogP contribution < -0.4 is 5.32 Å². The zero-order valence-electron chi connectivity index (χ0n) is 8.34. The average molecular weight is 180 g/mol. The highest BCUT2D eigenvalue weighted by atomic mass is 15.2. The van der Waals surface area contributed by atoms with Gasteiger partial charge in [0.25, 0.3) is 0 Å². The summed E-state index contributed by atoms with van der Waals surface area (Å²) in [5, 5.41) is 3.44. The van der Waals surface area contributed by atoms with Gasteiger partial charge in [0.05, 0.1) is 0 Å². The fraction of sp³-hybridized carbons (Fsp3) is 1.00. The molecule has 2 bridgehead atoms. The van der Waals surface area contributed by atoms with Gasteiger partial charge in [-0.2, -0.15) is 0 Å². The zero-order chi connectivity index (χ0) is 8.67. The van der Waals surface area contributed by atoms with E-state index in [-0.39, 0.29) is 0 Å². The Kier molecular flexibility index (Phi) is 2.06. The number of fused-ring (bicyclic) bond motifs is 2. The summed E-state index contributed by atoms with van der Waals surface area (Å²) in [6.07, 6.45) is 6.13. The summed E-state index contributed by atoms with van der Waals surface area (Å²) in [5.74, 6) is 2.17. The van der Waals surface area contributed by atoms with Gasteiger partial charge in [0.15, 0.2) is 0 Å². The van der Waals surface area contributed by atoms with Gasteiger partial charge in [0.2, 0.25) is 0 Å². The first kappa shape index (κ1) is 8.25. The van der Waals surface area contributed by atoms with Gasteiger partial charge in [0.1, 0.15) is 0 Å². The summed E-state index contributed by atoms with van der Waals surface area (Å²) < 4.78 is 0. The molecule has 1 N–H and O–H groups in total. The predicted octanol–water partition coefficient (Wildman–Crippen LogP) is 1.08. The minimum Gasteiger partial charge on any atom is -0.314 e. The van der Waals surface area contributed by atoms with Gasteiger partial charge >= 0.3 is 0 Å². The van der Waals surface area contributed by atoms with Crippen LogP contribution >= 0.6 is 0 Å². The minimum atomic E-state index is 0.973. The topological polar surface area (TPSA) is 15.3 Å². The third-order valence-electron chi connectivity index (χ3n) is 4.32. The molecular weight excluding hydrogens is 160 g/mol. The normalized spacial score (nSPS) is 45.7. The molecule has 3 atom stereocenters. The van der Waals surface area contributed by atoms with Crippen LogP contribution in [0.15, 0.2) is 0 Å². The molecule has 74 valence electrons. The van der Waals surface area contributed by atoms with Crippen LogP contribution in [0.5, 0.6) is 0 Å². The summed E-state index contributed by atoms with van der Waals surface area (Å²) in [4.78, 5) is 2.75. The Balaban J connectivity index is 1.65. The second-order valence-electron chi connectivity index (χ2n) is 5.03. The van der Waals surface area contributed by atoms with Crippen molar-refractivity contribution in [2.45, 2.75) is 31.7 Å². The number of nitrogens with zero attached hydrogens (tertiary/aromatic N) is 1. The molecule has 0 unspecified atom stereocenters. The van der Waals surface area contributed by atoms with Crippen LogP contribution in [0.4, 0.5) is 0 Å². The predicted molar refractivity (Wildman–Crippen MR) is 53.7 cm³/mol. The quantitative estimate of drug-likeness (QED) is 0.649. The van der Waals surface area contributed by atoms with Gasteiger partial charge in [-0.3, -0.25) is 4.90 Å². The maximum absolute atomic E-state index is 3.44. The highest BCUT2D eigenvalue weighted by molar-refractivity contribution is 4.96. The molecule has 0 amide bonds. The fourth-order valence-corrected chi connectivity index (χ4v) is 3.67. The lowest BCUT2D eigenvalue weighted by Crippen LogP contribution is -2.50. The lowest BCUT2D eigenvalue weighted by molar-refractivity contribution is 0.126. The Hall–Kier alpha value is -0.0800. The van der Waals surface area contributed by atoms with E-state index in [9.17, 15) is 0 Å². The third-order valence-corrected chi connectivity index (χ3v) is 4.32. The van der Waals surface area contributed by atoms with Crippen LogP contribution in [-0.4, -0.2) is 37.1 Å². The van der Waals surface area contributed by atoms with E-state index in [1.54, 1.807) is 6.42 Å². The number of nitrogens with one attached hydrogen (secondary N) is 1. The molecule has 13 heavy (non-hydrogen) atoms. The van der Waals surface area contributed by atoms with Crippen molar-refractivity contribution in [3.63, 3.8) is 0 Å². The van der Waals surface area contributed by atoms with E-state index >= 15 is 0 Å². The molecule has 1 saturated heterocycles. The van der Waals surface area contributed by atoms with E-state index in [0.717, 1.165) is 17.9 Å². The molecule has 1 heterocycles. The van der Waals surface area contributed by atoms with Crippen LogP contribution in [0.2, 0.25) is 0 Å². The molecule has 0 radical (unpaired) electrons. The molecule has 2 aliphatic carbocycles. The maximum Gasteiger partial charge on any atom is 0.0127 e. The molecular formula is C11H20N2. The monoisotopic (exact) mass is 180 g/mol. The van der Waals surface area contributed by atoms with Crippen molar-refractivity contribution >= 4 is 0 Å². The smallest absolute Gasteiger partial charge is 0.0127 e. The van der Waals surface area contributed by atoms with Crippen LogP contribution in [0.1, 0.15) is 25.7 Å². The molecule has 3 aliphatic rings. The zero-order valence-corrected chi connectivity index (χ0v) is 8.34. The standard InChI is InChI=1S/C11H20N2/c1-2-10-7-9(1)8-11(10)13-5-3-12-4-6-13/h9-12H,1-8H2/t9-,10-,11-/m0/s1. The average Bonchev–Trinajstić information content (AvgIpc) is 2.80. The van der Waals surface area contributed by atoms with Crippen molar-refractivity contribution in [2.75, 3.05) is 26.2 Å². The van der Waals surface area contributed by atoms with E-state index in [0.29, 0.717) is 0 Å². The van der Waals surface area contributed by atoms with Crippen molar-refractivity contribution in [3.8, 4) is 0 Å². The van der Waals surface area contributed by atoms with Crippen molar-refractivity contribution in [2.24, 2.45) is 11.8 Å². The molecule has 2 heteroatoms. The number of hydrogen-bond acceptors (Lipinski definition) is 2. The van der Waals surface area contributed by atoms with Crippen molar-refractivity contribution in [3.05, 3.63) is 0 Å². The Morgan fingerprint density at radius 1 is 1.00 bits per heavy atom. The SMILES string of the molecule is C1CN([C@H]2C[C@H]3CC[C@H]2C3)CCN1. The summed E-state index contributed by atoms with van der Waals surface area (Å²) in [6, 6.07) is 0.973. The Bertz CT molecular complexity index is 187. The highest BCUT2D eigenvalue weighted by Crippen LogP contribution is 2.46. The molecule has 1 aliphatic heterocycles. The Morgan fingerprint density at radius 2 is 1.85 bits per heavy atom. The molecule has 3 rings (SSSR count). The van der Waals surface area contributed by atoms with E-state index in [1.165, 1.54) is 45.4 Å². The first-order valence-electron chi connectivity index (χ1n) is 5.88. The van der Waals surface area contributed by atoms with Gasteiger partial charge in [-0.1, -0.05) is 6.42 Å². The third kappa shape index (κ3) is 1.40. The molecule has 0 aromatic rings. The lowest BCUT2D eigenvalue weighted by Gasteiger charge is -2.37. The molecule has 0 spiro atoms. The molecule has 0 aromatic heterocycles. The first-order chi connectivity index (χ1) is 6.43. The van der Waals surface area contributed by atoms with Crippen LogP contribution in [0.25, 0.3) is 0 Å². The summed E-state index contributed by atoms with van der Waals surface area (Å²) in [7, 11) is 0. The van der Waals surface area contributed by atoms with E-state index < -0.39 is 0 Å². The first-order valence-corrected chi connectivity index (χ1v) is 5.88. The van der Waals surface area contributed by atoms with Gasteiger partial charge in [0, 0.05) is 32.2 Å². The van der Waals surface area contributed by atoms with E-state index in [1.807, 2.05) is 0 Å². The molecule has 0 aromatic carbocycles. The maximum atomic E-state index is 3.44. The second kappa shape index (κ2) is 3.25. The molecule has 2 nitrogen and oxygen atoms in total. The van der Waals surface area contributed by atoms with Gasteiger partial charge in [-0.25, -0.2) is 0 Å². The van der Waals surface area contributed by atoms with Crippen molar-refractivity contribution in [1.29, 1.82) is 0 Å². The highest BCUT2D eigenvalue weighted by Gasteiger charge is 2.42. The number of piperazine rings is 1. The lowest BCUT2D eigenvalue weighted by atomic mass is 9.93. The Morgan fingerprint density at radius 3 is 2.46 bits per heavy atom. The Labute approximate surface area is 80.7 Å². The van der Waals surface area contributed by atoms with E-state index in [2.05, 4.69) is 10.2 Å². The summed E-state index contributed by atoms with van der Waals surface area (Å²) >= 11 is 0. The van der Waals surface area contributed by atoms with Crippen LogP contribution in [-0.2, 0) is 0 Å². The molecule has 3 fully saturated rings. The van der Waals surface area contributed by atoms with Gasteiger partial charge in [-0.15, -0.1) is 0 Å². The van der Waals surface area contributed by atoms with Gasteiger partial charge in [-0.05, 0) is 31.1 Å². The molecule has 2 saturated carbocycles. The van der Waals surface area contributed by atoms with Crippen molar-refractivity contribution < 1.29 is 0 Å². The largest absolute Gasteiger partial charge is 0.314 e. The van der Waals surface area contributed by atoms with Gasteiger partial charge < -0.3 is 5.32 Å². The summed E-state index contributed by atoms with van der Waals surface area (Å²) in [6.45, 7) is 5.03. The van der Waals surface area contributed by atoms with Crippen LogP contribution in [0, 0.1) is 11.8 Å². The van der Waals surface area contributed by atoms with Crippen LogP contribution in [0.3, 0.4) is 0 Å². The fourth-order valence-electron chi connectivity index (χ4n) is 3.67. The van der Waals surface area contributed by atoms with E-state index in [4.69, 9.17) is 0 Å². The minimum absolute atomic E-state index is 0.973. The number of hydrogen-bond donors (Lipinski definition) is 1.